The second kappa shape index (κ2) is 4.93. The SMILES string of the molecule is CC(O)(c1ccc(NCCN)cc1)C(F)(F)F. The minimum Gasteiger partial charge on any atom is -0.384 e. The van der Waals surface area contributed by atoms with Crippen molar-refractivity contribution in [2.24, 2.45) is 5.73 Å². The molecule has 0 heterocycles. The van der Waals surface area contributed by atoms with Gasteiger partial charge < -0.3 is 16.2 Å². The van der Waals surface area contributed by atoms with E-state index in [9.17, 15) is 18.3 Å². The smallest absolute Gasteiger partial charge is 0.384 e. The number of hydrogen-bond acceptors (Lipinski definition) is 3. The molecule has 1 unspecified atom stereocenters. The highest BCUT2D eigenvalue weighted by Gasteiger charge is 2.50. The minimum absolute atomic E-state index is 0.191. The molecule has 4 N–H and O–H groups in total. The molecule has 1 aromatic carbocycles. The van der Waals surface area contributed by atoms with Crippen LogP contribution < -0.4 is 11.1 Å². The molecule has 0 aliphatic rings. The highest BCUT2D eigenvalue weighted by molar-refractivity contribution is 5.45. The van der Waals surface area contributed by atoms with Crippen molar-refractivity contribution in [3.63, 3.8) is 0 Å². The van der Waals surface area contributed by atoms with E-state index in [0.717, 1.165) is 6.92 Å². The Bertz CT molecular complexity index is 360. The molecule has 0 bridgehead atoms. The van der Waals surface area contributed by atoms with E-state index < -0.39 is 11.8 Å². The predicted octanol–water partition coefficient (Wildman–Crippen LogP) is 1.83. The van der Waals surface area contributed by atoms with E-state index >= 15 is 0 Å². The van der Waals surface area contributed by atoms with E-state index in [0.29, 0.717) is 18.8 Å². The fourth-order valence-electron chi connectivity index (χ4n) is 1.29. The van der Waals surface area contributed by atoms with E-state index in [-0.39, 0.29) is 5.56 Å². The van der Waals surface area contributed by atoms with Gasteiger partial charge in [-0.05, 0) is 24.6 Å². The van der Waals surface area contributed by atoms with Gasteiger partial charge in [0.15, 0.2) is 5.60 Å². The number of alkyl halides is 3. The first-order valence-electron chi connectivity index (χ1n) is 5.12. The molecule has 0 spiro atoms. The van der Waals surface area contributed by atoms with Gasteiger partial charge in [0.2, 0.25) is 0 Å². The fourth-order valence-corrected chi connectivity index (χ4v) is 1.29. The van der Waals surface area contributed by atoms with Gasteiger partial charge in [0.05, 0.1) is 0 Å². The van der Waals surface area contributed by atoms with Crippen LogP contribution in [0.25, 0.3) is 0 Å². The Balaban J connectivity index is 2.87. The van der Waals surface area contributed by atoms with E-state index in [1.54, 1.807) is 0 Å². The van der Waals surface area contributed by atoms with Crippen molar-refractivity contribution in [1.82, 2.24) is 0 Å². The second-order valence-corrected chi connectivity index (χ2v) is 3.86. The fraction of sp³-hybridized carbons (Fsp3) is 0.455. The first-order chi connectivity index (χ1) is 7.79. The zero-order valence-corrected chi connectivity index (χ0v) is 9.38. The molecular formula is C11H15F3N2O. The van der Waals surface area contributed by atoms with Crippen LogP contribution in [-0.2, 0) is 5.60 Å². The van der Waals surface area contributed by atoms with Crippen molar-refractivity contribution in [2.45, 2.75) is 18.7 Å². The third-order valence-corrected chi connectivity index (χ3v) is 2.47. The number of rotatable bonds is 4. The van der Waals surface area contributed by atoms with Gasteiger partial charge in [0, 0.05) is 18.8 Å². The summed E-state index contributed by atoms with van der Waals surface area (Å²) in [6.45, 7) is 1.70. The second-order valence-electron chi connectivity index (χ2n) is 3.86. The zero-order chi connectivity index (χ0) is 13.1. The monoisotopic (exact) mass is 248 g/mol. The molecule has 0 aromatic heterocycles. The number of nitrogens with one attached hydrogen (secondary N) is 1. The summed E-state index contributed by atoms with van der Waals surface area (Å²) in [5.41, 5.74) is 2.92. The summed E-state index contributed by atoms with van der Waals surface area (Å²) in [4.78, 5) is 0. The van der Waals surface area contributed by atoms with Crippen molar-refractivity contribution >= 4 is 5.69 Å². The summed E-state index contributed by atoms with van der Waals surface area (Å²) >= 11 is 0. The first-order valence-corrected chi connectivity index (χ1v) is 5.12. The average Bonchev–Trinajstić information content (AvgIpc) is 2.25. The zero-order valence-electron chi connectivity index (χ0n) is 9.38. The van der Waals surface area contributed by atoms with Gasteiger partial charge in [-0.2, -0.15) is 13.2 Å². The molecule has 0 fully saturated rings. The summed E-state index contributed by atoms with van der Waals surface area (Å²) in [6, 6.07) is 5.44. The van der Waals surface area contributed by atoms with Crippen LogP contribution in [0.5, 0.6) is 0 Å². The van der Waals surface area contributed by atoms with Crippen LogP contribution in [0.4, 0.5) is 18.9 Å². The number of halogens is 3. The van der Waals surface area contributed by atoms with Gasteiger partial charge in [-0.3, -0.25) is 0 Å². The quantitative estimate of drug-likeness (QED) is 0.761. The maximum absolute atomic E-state index is 12.5. The lowest BCUT2D eigenvalue weighted by Gasteiger charge is -2.26. The highest BCUT2D eigenvalue weighted by Crippen LogP contribution is 2.38. The van der Waals surface area contributed by atoms with Crippen LogP contribution in [0, 0.1) is 0 Å². The van der Waals surface area contributed by atoms with Gasteiger partial charge in [0.1, 0.15) is 0 Å². The summed E-state index contributed by atoms with van der Waals surface area (Å²) in [7, 11) is 0. The van der Waals surface area contributed by atoms with Crippen LogP contribution >= 0.6 is 0 Å². The van der Waals surface area contributed by atoms with Crippen LogP contribution in [-0.4, -0.2) is 24.4 Å². The molecule has 0 aliphatic heterocycles. The summed E-state index contributed by atoms with van der Waals surface area (Å²) in [5.74, 6) is 0. The highest BCUT2D eigenvalue weighted by atomic mass is 19.4. The maximum Gasteiger partial charge on any atom is 0.421 e. The number of anilines is 1. The van der Waals surface area contributed by atoms with Crippen LogP contribution in [0.3, 0.4) is 0 Å². The largest absolute Gasteiger partial charge is 0.421 e. The molecule has 1 rings (SSSR count). The van der Waals surface area contributed by atoms with Crippen molar-refractivity contribution in [2.75, 3.05) is 18.4 Å². The van der Waals surface area contributed by atoms with Crippen molar-refractivity contribution < 1.29 is 18.3 Å². The normalized spacial score (nSPS) is 15.4. The van der Waals surface area contributed by atoms with E-state index in [2.05, 4.69) is 5.32 Å². The molecule has 0 saturated carbocycles. The van der Waals surface area contributed by atoms with E-state index in [1.165, 1.54) is 24.3 Å². The van der Waals surface area contributed by atoms with E-state index in [1.807, 2.05) is 0 Å². The van der Waals surface area contributed by atoms with Crippen molar-refractivity contribution in [3.8, 4) is 0 Å². The summed E-state index contributed by atoms with van der Waals surface area (Å²) in [6.07, 6.45) is -4.70. The van der Waals surface area contributed by atoms with E-state index in [4.69, 9.17) is 5.73 Å². The Hall–Kier alpha value is -1.27. The molecule has 3 nitrogen and oxygen atoms in total. The van der Waals surface area contributed by atoms with Crippen LogP contribution in [0.15, 0.2) is 24.3 Å². The minimum atomic E-state index is -4.70. The molecule has 0 aliphatic carbocycles. The van der Waals surface area contributed by atoms with Crippen molar-refractivity contribution in [1.29, 1.82) is 0 Å². The Kier molecular flexibility index (Phi) is 4.00. The van der Waals surface area contributed by atoms with Crippen molar-refractivity contribution in [3.05, 3.63) is 29.8 Å². The van der Waals surface area contributed by atoms with Gasteiger partial charge in [0.25, 0.3) is 0 Å². The van der Waals surface area contributed by atoms with Gasteiger partial charge in [-0.15, -0.1) is 0 Å². The Morgan fingerprint density at radius 3 is 2.18 bits per heavy atom. The number of hydrogen-bond donors (Lipinski definition) is 3. The predicted molar refractivity (Wildman–Crippen MR) is 59.6 cm³/mol. The molecule has 96 valence electrons. The Labute approximate surface area is 97.4 Å². The maximum atomic E-state index is 12.5. The molecule has 1 aromatic rings. The topological polar surface area (TPSA) is 58.3 Å². The average molecular weight is 248 g/mol. The summed E-state index contributed by atoms with van der Waals surface area (Å²) < 4.78 is 37.6. The Morgan fingerprint density at radius 2 is 1.76 bits per heavy atom. The van der Waals surface area contributed by atoms with Crippen LogP contribution in [0.2, 0.25) is 0 Å². The molecule has 1 atom stereocenters. The molecular weight excluding hydrogens is 233 g/mol. The van der Waals surface area contributed by atoms with Crippen LogP contribution in [0.1, 0.15) is 12.5 Å². The lowest BCUT2D eigenvalue weighted by molar-refractivity contribution is -0.258. The molecule has 0 radical (unpaired) electrons. The third kappa shape index (κ3) is 3.10. The summed E-state index contributed by atoms with van der Waals surface area (Å²) in [5, 5.41) is 12.3. The lowest BCUT2D eigenvalue weighted by atomic mass is 9.95. The molecule has 17 heavy (non-hydrogen) atoms. The molecule has 0 amide bonds. The van der Waals surface area contributed by atoms with Gasteiger partial charge >= 0.3 is 6.18 Å². The first kappa shape index (κ1) is 13.8. The number of nitrogens with two attached hydrogens (primary N) is 1. The number of aliphatic hydroxyl groups is 1. The Morgan fingerprint density at radius 1 is 1.24 bits per heavy atom. The lowest BCUT2D eigenvalue weighted by Crippen LogP contribution is -2.39. The third-order valence-electron chi connectivity index (χ3n) is 2.47. The molecule has 6 heteroatoms. The molecule has 0 saturated heterocycles. The number of benzene rings is 1. The van der Waals surface area contributed by atoms with Gasteiger partial charge in [-0.1, -0.05) is 12.1 Å². The van der Waals surface area contributed by atoms with Gasteiger partial charge in [-0.25, -0.2) is 0 Å². The standard InChI is InChI=1S/C11H15F3N2O/c1-10(17,11(12,13)14)8-2-4-9(5-3-8)16-7-6-15/h2-5,16-17H,6-7,15H2,1H3.